The van der Waals surface area contributed by atoms with Crippen molar-refractivity contribution in [3.63, 3.8) is 0 Å². The van der Waals surface area contributed by atoms with E-state index in [2.05, 4.69) is 12.1 Å². The topological polar surface area (TPSA) is 80.8 Å². The molecule has 3 aromatic rings. The molecule has 2 bridgehead atoms. The standard InChI is InChI=1S/C32H29NO5/c1-18-11-13-21(14-12-18)29(34)19(2)38-32(37)22-9-6-10-24(15-22)33-30(35)27-23-16-25(20-7-4-3-5-8-20)26(17-23)28(27)31(33)36/h3-15,19,23,25-28H,16-17H2,1-2H3/t19-,23+,25-,26+,27-,28-/m0/s1. The fourth-order valence-electron chi connectivity index (χ4n) is 6.80. The summed E-state index contributed by atoms with van der Waals surface area (Å²) in [7, 11) is 0. The van der Waals surface area contributed by atoms with Crippen LogP contribution < -0.4 is 4.90 Å². The number of imide groups is 1. The second-order valence-corrected chi connectivity index (χ2v) is 10.8. The van der Waals surface area contributed by atoms with Gasteiger partial charge < -0.3 is 4.74 Å². The molecule has 2 amide bonds. The van der Waals surface area contributed by atoms with Gasteiger partial charge >= 0.3 is 5.97 Å². The highest BCUT2D eigenvalue weighted by molar-refractivity contribution is 6.23. The molecule has 3 aromatic carbocycles. The van der Waals surface area contributed by atoms with E-state index < -0.39 is 12.1 Å². The maximum absolute atomic E-state index is 13.6. The lowest BCUT2D eigenvalue weighted by Gasteiger charge is -2.28. The number of ether oxygens (including phenoxy) is 1. The fourth-order valence-corrected chi connectivity index (χ4v) is 6.80. The molecule has 192 valence electrons. The second kappa shape index (κ2) is 9.35. The number of carbonyl (C=O) groups is 4. The van der Waals surface area contributed by atoms with Crippen LogP contribution in [0.3, 0.4) is 0 Å². The highest BCUT2D eigenvalue weighted by atomic mass is 16.5. The summed E-state index contributed by atoms with van der Waals surface area (Å²) in [6.07, 6.45) is 0.843. The zero-order valence-electron chi connectivity index (χ0n) is 21.4. The molecule has 0 N–H and O–H groups in total. The summed E-state index contributed by atoms with van der Waals surface area (Å²) in [4.78, 5) is 54.0. The lowest BCUT2D eigenvalue weighted by molar-refractivity contribution is -0.123. The van der Waals surface area contributed by atoms with E-state index >= 15 is 0 Å². The quantitative estimate of drug-likeness (QED) is 0.255. The molecule has 0 spiro atoms. The molecule has 3 aliphatic rings. The average Bonchev–Trinajstić information content (AvgIpc) is 3.60. The summed E-state index contributed by atoms with van der Waals surface area (Å²) in [5.74, 6) is -1.32. The molecule has 6 atom stereocenters. The summed E-state index contributed by atoms with van der Waals surface area (Å²) < 4.78 is 5.46. The van der Waals surface area contributed by atoms with Gasteiger partial charge in [0.05, 0.1) is 23.1 Å². The van der Waals surface area contributed by atoms with Crippen LogP contribution in [0, 0.1) is 30.6 Å². The van der Waals surface area contributed by atoms with Crippen LogP contribution in [0.4, 0.5) is 5.69 Å². The van der Waals surface area contributed by atoms with E-state index in [4.69, 9.17) is 4.74 Å². The van der Waals surface area contributed by atoms with E-state index in [0.29, 0.717) is 11.3 Å². The van der Waals surface area contributed by atoms with Crippen molar-refractivity contribution in [2.75, 3.05) is 4.90 Å². The number of ketones is 1. The van der Waals surface area contributed by atoms with Gasteiger partial charge in [0.15, 0.2) is 6.10 Å². The van der Waals surface area contributed by atoms with Gasteiger partial charge in [-0.3, -0.25) is 19.3 Å². The number of hydrogen-bond donors (Lipinski definition) is 0. The molecule has 1 saturated heterocycles. The van der Waals surface area contributed by atoms with Crippen LogP contribution in [0.15, 0.2) is 78.9 Å². The molecule has 38 heavy (non-hydrogen) atoms. The zero-order valence-corrected chi connectivity index (χ0v) is 21.4. The average molecular weight is 508 g/mol. The van der Waals surface area contributed by atoms with E-state index in [1.54, 1.807) is 30.3 Å². The molecule has 0 radical (unpaired) electrons. The molecule has 2 saturated carbocycles. The Morgan fingerprint density at radius 2 is 1.55 bits per heavy atom. The molecule has 1 heterocycles. The number of anilines is 1. The number of amides is 2. The van der Waals surface area contributed by atoms with Crippen LogP contribution in [-0.2, 0) is 14.3 Å². The van der Waals surface area contributed by atoms with Gasteiger partial charge in [-0.05, 0) is 68.2 Å². The Labute approximate surface area is 221 Å². The second-order valence-electron chi connectivity index (χ2n) is 10.8. The lowest BCUT2D eigenvalue weighted by Crippen LogP contribution is -2.33. The maximum atomic E-state index is 13.6. The van der Waals surface area contributed by atoms with Crippen molar-refractivity contribution in [2.24, 2.45) is 23.7 Å². The summed E-state index contributed by atoms with van der Waals surface area (Å²) in [5.41, 5.74) is 3.29. The van der Waals surface area contributed by atoms with Crippen LogP contribution in [0.1, 0.15) is 57.5 Å². The van der Waals surface area contributed by atoms with E-state index in [1.807, 2.05) is 37.3 Å². The lowest BCUT2D eigenvalue weighted by atomic mass is 9.73. The zero-order chi connectivity index (χ0) is 26.6. The first-order valence-corrected chi connectivity index (χ1v) is 13.2. The Balaban J connectivity index is 1.19. The van der Waals surface area contributed by atoms with Crippen LogP contribution >= 0.6 is 0 Å². The first-order valence-electron chi connectivity index (χ1n) is 13.2. The number of esters is 1. The van der Waals surface area contributed by atoms with Crippen molar-refractivity contribution in [3.05, 3.63) is 101 Å². The Morgan fingerprint density at radius 1 is 0.842 bits per heavy atom. The minimum Gasteiger partial charge on any atom is -0.451 e. The van der Waals surface area contributed by atoms with E-state index in [1.165, 1.54) is 23.5 Å². The predicted octanol–water partition coefficient (Wildman–Crippen LogP) is 5.35. The van der Waals surface area contributed by atoms with Crippen molar-refractivity contribution in [1.29, 1.82) is 0 Å². The van der Waals surface area contributed by atoms with Gasteiger partial charge in [0, 0.05) is 5.56 Å². The van der Waals surface area contributed by atoms with Crippen molar-refractivity contribution in [3.8, 4) is 0 Å². The Morgan fingerprint density at radius 3 is 2.29 bits per heavy atom. The number of rotatable bonds is 6. The van der Waals surface area contributed by atoms with Crippen molar-refractivity contribution in [2.45, 2.75) is 38.7 Å². The number of carbonyl (C=O) groups excluding carboxylic acids is 4. The molecular weight excluding hydrogens is 478 g/mol. The monoisotopic (exact) mass is 507 g/mol. The molecule has 6 heteroatoms. The van der Waals surface area contributed by atoms with E-state index in [0.717, 1.165) is 18.4 Å². The molecule has 2 aliphatic carbocycles. The summed E-state index contributed by atoms with van der Waals surface area (Å²) in [5, 5.41) is 0. The third-order valence-electron chi connectivity index (χ3n) is 8.57. The van der Waals surface area contributed by atoms with Gasteiger partial charge in [-0.25, -0.2) is 4.79 Å². The minimum atomic E-state index is -0.978. The molecule has 0 unspecified atom stereocenters. The Bertz CT molecular complexity index is 1430. The van der Waals surface area contributed by atoms with Gasteiger partial charge in [-0.1, -0.05) is 66.2 Å². The normalized spacial score (nSPS) is 26.4. The number of benzene rings is 3. The number of aryl methyl sites for hydroxylation is 1. The van der Waals surface area contributed by atoms with Gasteiger partial charge in [-0.2, -0.15) is 0 Å². The third-order valence-corrected chi connectivity index (χ3v) is 8.57. The first-order chi connectivity index (χ1) is 18.3. The summed E-state index contributed by atoms with van der Waals surface area (Å²) in [6.45, 7) is 3.47. The largest absolute Gasteiger partial charge is 0.451 e. The van der Waals surface area contributed by atoms with Crippen molar-refractivity contribution < 1.29 is 23.9 Å². The van der Waals surface area contributed by atoms with E-state index in [-0.39, 0.29) is 52.8 Å². The Kier molecular flexibility index (Phi) is 5.98. The highest BCUT2D eigenvalue weighted by Crippen LogP contribution is 2.61. The SMILES string of the molecule is Cc1ccc(C(=O)[C@H](C)OC(=O)c2cccc(N3C(=O)[C@H]4[C@H]5C[C@@H]([C@@H]4C3=O)[C@H](c3ccccc3)C5)c2)cc1. The van der Waals surface area contributed by atoms with Crippen molar-refractivity contribution in [1.82, 2.24) is 0 Å². The molecule has 0 aromatic heterocycles. The van der Waals surface area contributed by atoms with Crippen molar-refractivity contribution >= 4 is 29.3 Å². The van der Waals surface area contributed by atoms with Gasteiger partial charge in [0.1, 0.15) is 0 Å². The molecule has 6 rings (SSSR count). The first kappa shape index (κ1) is 24.3. The maximum Gasteiger partial charge on any atom is 0.338 e. The van der Waals surface area contributed by atoms with Gasteiger partial charge in [0.2, 0.25) is 17.6 Å². The van der Waals surface area contributed by atoms with Crippen LogP contribution in [0.5, 0.6) is 0 Å². The van der Waals surface area contributed by atoms with Gasteiger partial charge in [-0.15, -0.1) is 0 Å². The minimum absolute atomic E-state index is 0.149. The van der Waals surface area contributed by atoms with Gasteiger partial charge in [0.25, 0.3) is 0 Å². The van der Waals surface area contributed by atoms with Crippen LogP contribution in [-0.4, -0.2) is 29.7 Å². The number of Topliss-reactive ketones (excluding diaryl/α,β-unsaturated/α-hetero) is 1. The molecule has 6 nitrogen and oxygen atoms in total. The number of nitrogens with zero attached hydrogens (tertiary/aromatic N) is 1. The molecular formula is C32H29NO5. The smallest absolute Gasteiger partial charge is 0.338 e. The van der Waals surface area contributed by atoms with E-state index in [9.17, 15) is 19.2 Å². The highest BCUT2D eigenvalue weighted by Gasteiger charge is 2.64. The summed E-state index contributed by atoms with van der Waals surface area (Å²) in [6, 6.07) is 23.7. The number of fused-ring (bicyclic) bond motifs is 5. The third kappa shape index (κ3) is 3.95. The fraction of sp³-hybridized carbons (Fsp3) is 0.312. The Hall–Kier alpha value is -4.06. The summed E-state index contributed by atoms with van der Waals surface area (Å²) >= 11 is 0. The number of hydrogen-bond acceptors (Lipinski definition) is 5. The van der Waals surface area contributed by atoms with Crippen LogP contribution in [0.25, 0.3) is 0 Å². The predicted molar refractivity (Wildman–Crippen MR) is 142 cm³/mol. The van der Waals surface area contributed by atoms with Crippen LogP contribution in [0.2, 0.25) is 0 Å². The molecule has 3 fully saturated rings. The molecule has 1 aliphatic heterocycles.